The Labute approximate surface area is 121 Å². The molecule has 0 aromatic heterocycles. The average molecular weight is 263 g/mol. The van der Waals surface area contributed by atoms with Crippen molar-refractivity contribution >= 4 is 17.5 Å². The van der Waals surface area contributed by atoms with E-state index in [4.69, 9.17) is 0 Å². The topological polar surface area (TPSA) is 12.4 Å². The molecule has 102 valence electrons. The van der Waals surface area contributed by atoms with Crippen LogP contribution in [-0.4, -0.2) is 6.21 Å². The van der Waals surface area contributed by atoms with E-state index in [1.54, 1.807) is 0 Å². The van der Waals surface area contributed by atoms with Gasteiger partial charge in [0.1, 0.15) is 0 Å². The Hall–Kier alpha value is -2.15. The van der Waals surface area contributed by atoms with Gasteiger partial charge in [-0.15, -0.1) is 0 Å². The number of rotatable bonds is 4. The van der Waals surface area contributed by atoms with E-state index < -0.39 is 0 Å². The van der Waals surface area contributed by atoms with Gasteiger partial charge in [0.05, 0.1) is 5.69 Å². The summed E-state index contributed by atoms with van der Waals surface area (Å²) in [7, 11) is 0. The van der Waals surface area contributed by atoms with E-state index in [2.05, 4.69) is 50.0 Å². The minimum Gasteiger partial charge on any atom is -0.257 e. The molecule has 0 heterocycles. The number of hydrogen-bond donors (Lipinski definition) is 0. The molecule has 0 saturated carbocycles. The summed E-state index contributed by atoms with van der Waals surface area (Å²) in [6, 6.07) is 18.6. The third-order valence-corrected chi connectivity index (χ3v) is 3.54. The number of nitrogens with zero attached hydrogens (tertiary/aromatic N) is 1. The number of benzene rings is 2. The van der Waals surface area contributed by atoms with Crippen LogP contribution in [-0.2, 0) is 0 Å². The molecule has 0 aliphatic carbocycles. The van der Waals surface area contributed by atoms with Crippen molar-refractivity contribution in [3.8, 4) is 0 Å². The Morgan fingerprint density at radius 2 is 1.65 bits per heavy atom. The van der Waals surface area contributed by atoms with E-state index in [9.17, 15) is 0 Å². The molecule has 2 aromatic carbocycles. The molecule has 20 heavy (non-hydrogen) atoms. The predicted octanol–water partition coefficient (Wildman–Crippen LogP) is 5.58. The second-order valence-electron chi connectivity index (χ2n) is 4.91. The normalized spacial score (nSPS) is 12.6. The van der Waals surface area contributed by atoms with Crippen LogP contribution in [0.4, 0.5) is 5.69 Å². The zero-order valence-electron chi connectivity index (χ0n) is 12.4. The van der Waals surface area contributed by atoms with Crippen molar-refractivity contribution in [2.75, 3.05) is 0 Å². The number of para-hydroxylation sites is 1. The summed E-state index contributed by atoms with van der Waals surface area (Å²) in [4.78, 5) is 4.57. The number of aryl methyl sites for hydroxylation is 1. The molecule has 2 rings (SSSR count). The van der Waals surface area contributed by atoms with Gasteiger partial charge in [-0.2, -0.15) is 0 Å². The van der Waals surface area contributed by atoms with Crippen LogP contribution in [0, 0.1) is 6.92 Å². The first-order valence-electron chi connectivity index (χ1n) is 7.07. The monoisotopic (exact) mass is 263 g/mol. The van der Waals surface area contributed by atoms with Gasteiger partial charge < -0.3 is 0 Å². The molecule has 0 amide bonds. The van der Waals surface area contributed by atoms with Gasteiger partial charge in [0.25, 0.3) is 0 Å². The SMILES string of the molecule is CC/C(C=Nc1ccccc1)=C(/C)c1ccccc1C. The molecular weight excluding hydrogens is 242 g/mol. The molecule has 0 bridgehead atoms. The number of aliphatic imine (C=N–C) groups is 1. The lowest BCUT2D eigenvalue weighted by atomic mass is 9.96. The van der Waals surface area contributed by atoms with Crippen molar-refractivity contribution in [2.45, 2.75) is 27.2 Å². The van der Waals surface area contributed by atoms with E-state index >= 15 is 0 Å². The largest absolute Gasteiger partial charge is 0.257 e. The summed E-state index contributed by atoms with van der Waals surface area (Å²) in [6.45, 7) is 6.51. The first-order valence-corrected chi connectivity index (χ1v) is 7.07. The predicted molar refractivity (Wildman–Crippen MR) is 88.7 cm³/mol. The van der Waals surface area contributed by atoms with Gasteiger partial charge in [-0.3, -0.25) is 4.99 Å². The van der Waals surface area contributed by atoms with Crippen molar-refractivity contribution in [3.63, 3.8) is 0 Å². The fraction of sp³-hybridized carbons (Fsp3) is 0.211. The Morgan fingerprint density at radius 3 is 2.30 bits per heavy atom. The molecule has 0 unspecified atom stereocenters. The Morgan fingerprint density at radius 1 is 1.00 bits per heavy atom. The zero-order valence-corrected chi connectivity index (χ0v) is 12.4. The summed E-state index contributed by atoms with van der Waals surface area (Å²) in [5, 5.41) is 0. The first kappa shape index (κ1) is 14.3. The highest BCUT2D eigenvalue weighted by Gasteiger charge is 2.04. The van der Waals surface area contributed by atoms with Gasteiger partial charge in [0, 0.05) is 6.21 Å². The second-order valence-corrected chi connectivity index (χ2v) is 4.91. The molecule has 0 aliphatic heterocycles. The van der Waals surface area contributed by atoms with Crippen LogP contribution in [0.15, 0.2) is 65.2 Å². The van der Waals surface area contributed by atoms with E-state index in [1.807, 2.05) is 36.5 Å². The van der Waals surface area contributed by atoms with Gasteiger partial charge in [-0.05, 0) is 54.7 Å². The van der Waals surface area contributed by atoms with Gasteiger partial charge >= 0.3 is 0 Å². The smallest absolute Gasteiger partial charge is 0.0629 e. The van der Waals surface area contributed by atoms with Crippen LogP contribution in [0.1, 0.15) is 31.4 Å². The summed E-state index contributed by atoms with van der Waals surface area (Å²) in [5.41, 5.74) is 6.21. The Bertz CT molecular complexity index is 621. The van der Waals surface area contributed by atoms with Gasteiger partial charge in [-0.1, -0.05) is 49.4 Å². The molecule has 0 radical (unpaired) electrons. The Balaban J connectivity index is 2.34. The van der Waals surface area contributed by atoms with Crippen LogP contribution < -0.4 is 0 Å². The van der Waals surface area contributed by atoms with Gasteiger partial charge in [0.2, 0.25) is 0 Å². The second kappa shape index (κ2) is 6.85. The zero-order chi connectivity index (χ0) is 14.4. The summed E-state index contributed by atoms with van der Waals surface area (Å²) in [5.74, 6) is 0. The van der Waals surface area contributed by atoms with Crippen molar-refractivity contribution in [3.05, 3.63) is 71.3 Å². The molecule has 0 saturated heterocycles. The van der Waals surface area contributed by atoms with E-state index in [0.29, 0.717) is 0 Å². The van der Waals surface area contributed by atoms with Crippen molar-refractivity contribution in [1.29, 1.82) is 0 Å². The summed E-state index contributed by atoms with van der Waals surface area (Å²) in [6.07, 6.45) is 2.98. The molecule has 1 nitrogen and oxygen atoms in total. The molecule has 0 atom stereocenters. The van der Waals surface area contributed by atoms with Gasteiger partial charge in [0.15, 0.2) is 0 Å². The van der Waals surface area contributed by atoms with E-state index in [0.717, 1.165) is 12.1 Å². The highest BCUT2D eigenvalue weighted by atomic mass is 14.7. The maximum atomic E-state index is 4.57. The van der Waals surface area contributed by atoms with E-state index in [1.165, 1.54) is 22.3 Å². The lowest BCUT2D eigenvalue weighted by Crippen LogP contribution is -1.92. The van der Waals surface area contributed by atoms with Crippen LogP contribution in [0.2, 0.25) is 0 Å². The molecule has 0 N–H and O–H groups in total. The van der Waals surface area contributed by atoms with Gasteiger partial charge in [-0.25, -0.2) is 0 Å². The van der Waals surface area contributed by atoms with Crippen molar-refractivity contribution in [2.24, 2.45) is 4.99 Å². The van der Waals surface area contributed by atoms with Crippen LogP contribution >= 0.6 is 0 Å². The fourth-order valence-electron chi connectivity index (χ4n) is 2.29. The Kier molecular flexibility index (Phi) is 4.89. The maximum absolute atomic E-state index is 4.57. The molecule has 0 aliphatic rings. The highest BCUT2D eigenvalue weighted by Crippen LogP contribution is 2.23. The van der Waals surface area contributed by atoms with Crippen molar-refractivity contribution < 1.29 is 0 Å². The molecule has 0 spiro atoms. The van der Waals surface area contributed by atoms with Crippen LogP contribution in [0.5, 0.6) is 0 Å². The van der Waals surface area contributed by atoms with E-state index in [-0.39, 0.29) is 0 Å². The minimum atomic E-state index is 0.983. The van der Waals surface area contributed by atoms with Crippen molar-refractivity contribution in [1.82, 2.24) is 0 Å². The molecule has 1 heteroatoms. The lowest BCUT2D eigenvalue weighted by Gasteiger charge is -2.09. The standard InChI is InChI=1S/C19H21N/c1-4-17(14-20-18-11-6-5-7-12-18)16(3)19-13-9-8-10-15(19)2/h5-14H,4H2,1-3H3/b17-16+,20-14?. The number of hydrogen-bond acceptors (Lipinski definition) is 1. The minimum absolute atomic E-state index is 0.983. The molecule has 0 fully saturated rings. The van der Waals surface area contributed by atoms with Crippen LogP contribution in [0.3, 0.4) is 0 Å². The highest BCUT2D eigenvalue weighted by molar-refractivity contribution is 5.92. The quantitative estimate of drug-likeness (QED) is 0.638. The summed E-state index contributed by atoms with van der Waals surface area (Å²) < 4.78 is 0. The lowest BCUT2D eigenvalue weighted by molar-refractivity contribution is 1.17. The average Bonchev–Trinajstić information content (AvgIpc) is 2.49. The fourth-order valence-corrected chi connectivity index (χ4v) is 2.29. The maximum Gasteiger partial charge on any atom is 0.0629 e. The third-order valence-electron chi connectivity index (χ3n) is 3.54. The molecular formula is C19H21N. The number of allylic oxidation sites excluding steroid dienone is 2. The van der Waals surface area contributed by atoms with Crippen LogP contribution in [0.25, 0.3) is 5.57 Å². The third kappa shape index (κ3) is 3.45. The molecule has 2 aromatic rings. The summed E-state index contributed by atoms with van der Waals surface area (Å²) >= 11 is 0. The first-order chi connectivity index (χ1) is 9.72.